The van der Waals surface area contributed by atoms with E-state index in [1.807, 2.05) is 20.8 Å². The molecule has 9 heteroatoms. The lowest BCUT2D eigenvalue weighted by molar-refractivity contribution is -0.122. The first kappa shape index (κ1) is 23.5. The summed E-state index contributed by atoms with van der Waals surface area (Å²) in [5, 5.41) is 2.61. The number of anilines is 1. The largest absolute Gasteiger partial charge is 0.491 e. The molecule has 1 aliphatic heterocycles. The van der Waals surface area contributed by atoms with Crippen molar-refractivity contribution < 1.29 is 19.1 Å². The fourth-order valence-electron chi connectivity index (χ4n) is 2.83. The first-order valence-corrected chi connectivity index (χ1v) is 11.3. The van der Waals surface area contributed by atoms with E-state index in [9.17, 15) is 14.4 Å². The number of amides is 4. The molecule has 0 aliphatic carbocycles. The number of imide groups is 2. The molecule has 0 radical (unpaired) electrons. The van der Waals surface area contributed by atoms with Crippen LogP contribution < -0.4 is 15.0 Å². The Morgan fingerprint density at radius 1 is 1.13 bits per heavy atom. The Labute approximate surface area is 201 Å². The summed E-state index contributed by atoms with van der Waals surface area (Å²) in [6.07, 6.45) is 1.43. The number of nitrogens with one attached hydrogen (secondary N) is 1. The van der Waals surface area contributed by atoms with Gasteiger partial charge in [0.25, 0.3) is 11.8 Å². The highest BCUT2D eigenvalue weighted by Gasteiger charge is 2.37. The molecule has 0 bridgehead atoms. The third-order valence-electron chi connectivity index (χ3n) is 4.41. The molecule has 0 unspecified atom stereocenters. The highest BCUT2D eigenvalue weighted by molar-refractivity contribution is 9.11. The van der Waals surface area contributed by atoms with Crippen LogP contribution in [0.15, 0.2) is 44.9 Å². The highest BCUT2D eigenvalue weighted by Crippen LogP contribution is 2.36. The zero-order chi connectivity index (χ0) is 22.9. The van der Waals surface area contributed by atoms with Crippen molar-refractivity contribution in [2.75, 3.05) is 11.5 Å². The fraction of sp³-hybridized carbons (Fsp3) is 0.227. The monoisotopic (exact) mass is 568 g/mol. The van der Waals surface area contributed by atoms with E-state index in [0.717, 1.165) is 10.5 Å². The third kappa shape index (κ3) is 5.19. The van der Waals surface area contributed by atoms with Gasteiger partial charge < -0.3 is 4.74 Å². The van der Waals surface area contributed by atoms with E-state index in [0.29, 0.717) is 37.8 Å². The predicted molar refractivity (Wildman–Crippen MR) is 127 cm³/mol. The van der Waals surface area contributed by atoms with Crippen LogP contribution in [0.3, 0.4) is 0 Å². The van der Waals surface area contributed by atoms with Crippen molar-refractivity contribution in [2.24, 2.45) is 5.92 Å². The van der Waals surface area contributed by atoms with Crippen molar-refractivity contribution in [2.45, 2.75) is 20.8 Å². The maximum absolute atomic E-state index is 13.0. The van der Waals surface area contributed by atoms with E-state index in [2.05, 4.69) is 37.2 Å². The summed E-state index contributed by atoms with van der Waals surface area (Å²) >= 11 is 13.1. The number of hydrogen-bond donors (Lipinski definition) is 1. The smallest absolute Gasteiger partial charge is 0.335 e. The van der Waals surface area contributed by atoms with Crippen molar-refractivity contribution in [3.63, 3.8) is 0 Å². The Morgan fingerprint density at radius 3 is 2.35 bits per heavy atom. The van der Waals surface area contributed by atoms with Crippen molar-refractivity contribution in [3.05, 3.63) is 61.0 Å². The normalized spacial score (nSPS) is 15.6. The van der Waals surface area contributed by atoms with Crippen LogP contribution in [-0.4, -0.2) is 24.5 Å². The molecule has 6 nitrogen and oxygen atoms in total. The second-order valence-corrected chi connectivity index (χ2v) is 9.53. The number of carbonyl (C=O) groups excluding carboxylic acids is 3. The maximum Gasteiger partial charge on any atom is 0.335 e. The lowest BCUT2D eigenvalue weighted by Crippen LogP contribution is -2.54. The lowest BCUT2D eigenvalue weighted by atomic mass is 10.1. The first-order chi connectivity index (χ1) is 14.6. The summed E-state index contributed by atoms with van der Waals surface area (Å²) in [6.45, 7) is 6.43. The van der Waals surface area contributed by atoms with Gasteiger partial charge in [-0.05, 0) is 86.2 Å². The standard InChI is InChI=1S/C22H19Br2ClN2O4/c1-11(2)10-31-19-16(23)7-13(8-17(19)24)6-15-20(28)26-22(30)27(21(15)29)14-5-4-12(3)18(25)9-14/h4-9,11H,10H2,1-3H3,(H,26,28,30)/b15-6+. The van der Waals surface area contributed by atoms with Gasteiger partial charge in [-0.25, -0.2) is 9.69 Å². The number of ether oxygens (including phenoxy) is 1. The molecule has 2 aromatic rings. The molecule has 0 aromatic heterocycles. The number of barbiturate groups is 1. The van der Waals surface area contributed by atoms with Crippen molar-refractivity contribution in [3.8, 4) is 5.75 Å². The molecule has 162 valence electrons. The average molecular weight is 571 g/mol. The van der Waals surface area contributed by atoms with Gasteiger partial charge in [-0.3, -0.25) is 14.9 Å². The minimum atomic E-state index is -0.827. The Hall–Kier alpha value is -2.16. The number of benzene rings is 2. The lowest BCUT2D eigenvalue weighted by Gasteiger charge is -2.26. The van der Waals surface area contributed by atoms with Crippen LogP contribution >= 0.6 is 43.5 Å². The molecule has 0 saturated carbocycles. The summed E-state index contributed by atoms with van der Waals surface area (Å²) in [6, 6.07) is 7.44. The van der Waals surface area contributed by atoms with E-state index >= 15 is 0 Å². The van der Waals surface area contributed by atoms with Gasteiger partial charge in [0.1, 0.15) is 11.3 Å². The summed E-state index contributed by atoms with van der Waals surface area (Å²) in [4.78, 5) is 38.7. The minimum Gasteiger partial charge on any atom is -0.491 e. The fourth-order valence-corrected chi connectivity index (χ4v) is 4.46. The molecule has 1 fully saturated rings. The van der Waals surface area contributed by atoms with E-state index in [1.165, 1.54) is 12.1 Å². The molecule has 0 spiro atoms. The van der Waals surface area contributed by atoms with E-state index in [-0.39, 0.29) is 11.3 Å². The Balaban J connectivity index is 1.97. The average Bonchev–Trinajstić information content (AvgIpc) is 2.67. The van der Waals surface area contributed by atoms with Gasteiger partial charge in [0, 0.05) is 5.02 Å². The number of rotatable bonds is 5. The number of halogens is 3. The van der Waals surface area contributed by atoms with Gasteiger partial charge in [0.05, 0.1) is 21.2 Å². The molecule has 31 heavy (non-hydrogen) atoms. The van der Waals surface area contributed by atoms with Gasteiger partial charge in [0.15, 0.2) is 0 Å². The molecule has 1 aliphatic rings. The molecular formula is C22H19Br2ClN2O4. The molecule has 1 heterocycles. The van der Waals surface area contributed by atoms with Crippen LogP contribution in [0, 0.1) is 12.8 Å². The van der Waals surface area contributed by atoms with Crippen molar-refractivity contribution in [1.82, 2.24) is 5.32 Å². The molecule has 4 amide bonds. The van der Waals surface area contributed by atoms with Gasteiger partial charge in [-0.2, -0.15) is 0 Å². The van der Waals surface area contributed by atoms with E-state index in [4.69, 9.17) is 16.3 Å². The highest BCUT2D eigenvalue weighted by atomic mass is 79.9. The number of aryl methyl sites for hydroxylation is 1. The number of urea groups is 1. The van der Waals surface area contributed by atoms with Crippen LogP contribution in [0.25, 0.3) is 6.08 Å². The number of nitrogens with zero attached hydrogens (tertiary/aromatic N) is 1. The summed E-state index contributed by atoms with van der Waals surface area (Å²) in [5.74, 6) is -0.526. The zero-order valence-corrected chi connectivity index (χ0v) is 20.9. The quantitative estimate of drug-likeness (QED) is 0.360. The zero-order valence-electron chi connectivity index (χ0n) is 17.0. The van der Waals surface area contributed by atoms with Crippen LogP contribution in [0.5, 0.6) is 5.75 Å². The maximum atomic E-state index is 13.0. The van der Waals surface area contributed by atoms with Crippen molar-refractivity contribution >= 4 is 73.1 Å². The van der Waals surface area contributed by atoms with Crippen LogP contribution in [0.1, 0.15) is 25.0 Å². The summed E-state index contributed by atoms with van der Waals surface area (Å²) in [5.41, 5.74) is 1.48. The van der Waals surface area contributed by atoms with Crippen LogP contribution in [-0.2, 0) is 9.59 Å². The second kappa shape index (κ2) is 9.54. The second-order valence-electron chi connectivity index (χ2n) is 7.41. The molecule has 1 saturated heterocycles. The number of hydrogen-bond acceptors (Lipinski definition) is 4. The van der Waals surface area contributed by atoms with E-state index < -0.39 is 17.8 Å². The molecular weight excluding hydrogens is 552 g/mol. The number of carbonyl (C=O) groups is 3. The first-order valence-electron chi connectivity index (χ1n) is 9.38. The molecule has 1 N–H and O–H groups in total. The molecule has 2 aromatic carbocycles. The topological polar surface area (TPSA) is 75.7 Å². The van der Waals surface area contributed by atoms with Gasteiger partial charge in [0.2, 0.25) is 0 Å². The van der Waals surface area contributed by atoms with Crippen molar-refractivity contribution in [1.29, 1.82) is 0 Å². The Morgan fingerprint density at radius 2 is 1.77 bits per heavy atom. The molecule has 3 rings (SSSR count). The van der Waals surface area contributed by atoms with Gasteiger partial charge >= 0.3 is 6.03 Å². The summed E-state index contributed by atoms with van der Waals surface area (Å²) < 4.78 is 7.13. The SMILES string of the molecule is Cc1ccc(N2C(=O)NC(=O)/C(=C\c3cc(Br)c(OCC(C)C)c(Br)c3)C2=O)cc1Cl. The van der Waals surface area contributed by atoms with Crippen LogP contribution in [0.4, 0.5) is 10.5 Å². The van der Waals surface area contributed by atoms with E-state index in [1.54, 1.807) is 24.3 Å². The molecule has 0 atom stereocenters. The Bertz CT molecular complexity index is 1090. The van der Waals surface area contributed by atoms with Gasteiger partial charge in [-0.1, -0.05) is 31.5 Å². The Kier molecular flexibility index (Phi) is 7.24. The summed E-state index contributed by atoms with van der Waals surface area (Å²) in [7, 11) is 0. The third-order valence-corrected chi connectivity index (χ3v) is 5.99. The van der Waals surface area contributed by atoms with Crippen LogP contribution in [0.2, 0.25) is 5.02 Å². The predicted octanol–water partition coefficient (Wildman–Crippen LogP) is 5.87. The van der Waals surface area contributed by atoms with Gasteiger partial charge in [-0.15, -0.1) is 0 Å². The minimum absolute atomic E-state index is 0.175.